The lowest BCUT2D eigenvalue weighted by Gasteiger charge is -2.13. The molecular formula is C23H21ClF2N2O. The number of nitrogens with one attached hydrogen (secondary N) is 1. The minimum atomic E-state index is -0.849. The summed E-state index contributed by atoms with van der Waals surface area (Å²) in [6, 6.07) is 17.6. The van der Waals surface area contributed by atoms with Gasteiger partial charge in [0.25, 0.3) is 5.91 Å². The topological polar surface area (TPSA) is 55.1 Å². The van der Waals surface area contributed by atoms with Crippen molar-refractivity contribution in [2.45, 2.75) is 25.4 Å². The third kappa shape index (κ3) is 4.31. The quantitative estimate of drug-likeness (QED) is 0.649. The number of halogens is 3. The van der Waals surface area contributed by atoms with Crippen LogP contribution in [0.15, 0.2) is 60.7 Å². The van der Waals surface area contributed by atoms with Crippen molar-refractivity contribution < 1.29 is 13.6 Å². The van der Waals surface area contributed by atoms with Crippen molar-refractivity contribution in [1.82, 2.24) is 5.32 Å². The first-order valence-corrected chi connectivity index (χ1v) is 9.20. The molecule has 4 rings (SSSR count). The van der Waals surface area contributed by atoms with E-state index in [2.05, 4.69) is 17.4 Å². The summed E-state index contributed by atoms with van der Waals surface area (Å²) in [4.78, 5) is 11.3. The predicted octanol–water partition coefficient (Wildman–Crippen LogP) is 4.41. The Balaban J connectivity index is 0.00000240. The van der Waals surface area contributed by atoms with E-state index in [-0.39, 0.29) is 29.6 Å². The summed E-state index contributed by atoms with van der Waals surface area (Å²) in [5, 5.41) is 3.41. The van der Waals surface area contributed by atoms with E-state index in [4.69, 9.17) is 5.73 Å². The van der Waals surface area contributed by atoms with Gasteiger partial charge in [0.05, 0.1) is 5.56 Å². The fraction of sp³-hybridized carbons (Fsp3) is 0.174. The molecule has 3 aromatic rings. The van der Waals surface area contributed by atoms with Crippen LogP contribution < -0.4 is 11.1 Å². The van der Waals surface area contributed by atoms with Crippen LogP contribution in [0.1, 0.15) is 27.0 Å². The van der Waals surface area contributed by atoms with Crippen LogP contribution in [0.5, 0.6) is 0 Å². The molecule has 1 aliphatic rings. The molecule has 0 heterocycles. The summed E-state index contributed by atoms with van der Waals surface area (Å²) in [5.74, 6) is -1.99. The van der Waals surface area contributed by atoms with Gasteiger partial charge in [-0.2, -0.15) is 0 Å². The van der Waals surface area contributed by atoms with Crippen LogP contribution in [-0.2, 0) is 19.4 Å². The van der Waals surface area contributed by atoms with Crippen molar-refractivity contribution >= 4 is 18.3 Å². The summed E-state index contributed by atoms with van der Waals surface area (Å²) < 4.78 is 29.1. The smallest absolute Gasteiger partial charge is 0.251 e. The number of nitrogens with two attached hydrogens (primary N) is 1. The predicted molar refractivity (Wildman–Crippen MR) is 112 cm³/mol. The number of rotatable bonds is 5. The zero-order valence-electron chi connectivity index (χ0n) is 15.6. The van der Waals surface area contributed by atoms with Gasteiger partial charge >= 0.3 is 0 Å². The maximum absolute atomic E-state index is 14.6. The molecule has 6 heteroatoms. The van der Waals surface area contributed by atoms with Gasteiger partial charge in [0.1, 0.15) is 11.6 Å². The highest BCUT2D eigenvalue weighted by Crippen LogP contribution is 2.27. The molecule has 29 heavy (non-hydrogen) atoms. The number of amides is 1. The number of fused-ring (bicyclic) bond motifs is 1. The first-order chi connectivity index (χ1) is 13.5. The lowest BCUT2D eigenvalue weighted by molar-refractivity contribution is 0.0996. The molecule has 0 aliphatic heterocycles. The van der Waals surface area contributed by atoms with Gasteiger partial charge in [0.2, 0.25) is 0 Å². The van der Waals surface area contributed by atoms with Gasteiger partial charge in [-0.3, -0.25) is 4.79 Å². The number of hydrogen-bond donors (Lipinski definition) is 2. The number of carbonyl (C=O) groups is 1. The average Bonchev–Trinajstić information content (AvgIpc) is 3.10. The lowest BCUT2D eigenvalue weighted by Crippen LogP contribution is -2.29. The Kier molecular flexibility index (Phi) is 6.30. The Hall–Kier alpha value is -2.76. The highest BCUT2D eigenvalue weighted by molar-refractivity contribution is 5.94. The second-order valence-electron chi connectivity index (χ2n) is 7.09. The monoisotopic (exact) mass is 414 g/mol. The highest BCUT2D eigenvalue weighted by Gasteiger charge is 2.21. The minimum Gasteiger partial charge on any atom is -0.366 e. The molecule has 0 saturated carbocycles. The third-order valence-corrected chi connectivity index (χ3v) is 5.26. The van der Waals surface area contributed by atoms with Gasteiger partial charge in [0, 0.05) is 23.7 Å². The summed E-state index contributed by atoms with van der Waals surface area (Å²) in [5.41, 5.74) is 8.69. The van der Waals surface area contributed by atoms with Crippen molar-refractivity contribution in [1.29, 1.82) is 0 Å². The van der Waals surface area contributed by atoms with Crippen molar-refractivity contribution in [2.24, 2.45) is 5.73 Å². The second kappa shape index (κ2) is 8.72. The van der Waals surface area contributed by atoms with Crippen LogP contribution in [-0.4, -0.2) is 11.9 Å². The maximum Gasteiger partial charge on any atom is 0.251 e. The van der Waals surface area contributed by atoms with E-state index in [9.17, 15) is 13.6 Å². The van der Waals surface area contributed by atoms with Crippen LogP contribution in [0.25, 0.3) is 11.1 Å². The van der Waals surface area contributed by atoms with E-state index < -0.39 is 17.5 Å². The molecule has 1 amide bonds. The average molecular weight is 415 g/mol. The largest absolute Gasteiger partial charge is 0.366 e. The van der Waals surface area contributed by atoms with Gasteiger partial charge in [0.15, 0.2) is 0 Å². The van der Waals surface area contributed by atoms with Crippen molar-refractivity contribution in [3.05, 3.63) is 94.6 Å². The van der Waals surface area contributed by atoms with E-state index in [1.54, 1.807) is 12.1 Å². The number of carbonyl (C=O) groups excluding carboxylic acids is 1. The molecule has 0 unspecified atom stereocenters. The van der Waals surface area contributed by atoms with E-state index in [0.717, 1.165) is 12.8 Å². The number of benzene rings is 3. The van der Waals surface area contributed by atoms with Crippen LogP contribution in [0.3, 0.4) is 0 Å². The Bertz CT molecular complexity index is 1030. The molecule has 0 spiro atoms. The summed E-state index contributed by atoms with van der Waals surface area (Å²) in [6.45, 7) is 0.397. The first kappa shape index (κ1) is 21.0. The second-order valence-corrected chi connectivity index (χ2v) is 7.09. The van der Waals surface area contributed by atoms with Crippen LogP contribution in [0.2, 0.25) is 0 Å². The van der Waals surface area contributed by atoms with Crippen molar-refractivity contribution in [3.8, 4) is 11.1 Å². The van der Waals surface area contributed by atoms with E-state index in [1.807, 2.05) is 12.1 Å². The Morgan fingerprint density at radius 3 is 2.31 bits per heavy atom. The number of hydrogen-bond acceptors (Lipinski definition) is 2. The fourth-order valence-corrected chi connectivity index (χ4v) is 3.76. The van der Waals surface area contributed by atoms with Crippen LogP contribution in [0, 0.1) is 11.6 Å². The standard InChI is InChI=1S/C23H20F2N2O.ClH/c24-21-12-16(19-6-3-7-20(22(19)25)23(26)28)8-9-17(21)13-27-18-10-14-4-1-2-5-15(14)11-18;/h1-9,12,18,27H,10-11,13H2,(H2,26,28);1H. The summed E-state index contributed by atoms with van der Waals surface area (Å²) >= 11 is 0. The van der Waals surface area contributed by atoms with Gasteiger partial charge < -0.3 is 11.1 Å². The highest BCUT2D eigenvalue weighted by atomic mass is 35.5. The lowest BCUT2D eigenvalue weighted by atomic mass is 10.00. The third-order valence-electron chi connectivity index (χ3n) is 5.26. The number of primary amides is 1. The molecule has 3 nitrogen and oxygen atoms in total. The molecule has 0 fully saturated rings. The molecule has 3 N–H and O–H groups in total. The van der Waals surface area contributed by atoms with Crippen molar-refractivity contribution in [2.75, 3.05) is 0 Å². The van der Waals surface area contributed by atoms with E-state index >= 15 is 0 Å². The minimum absolute atomic E-state index is 0. The van der Waals surface area contributed by atoms with E-state index in [0.29, 0.717) is 17.7 Å². The van der Waals surface area contributed by atoms with Gasteiger partial charge in [-0.05, 0) is 41.7 Å². The molecule has 0 radical (unpaired) electrons. The zero-order valence-corrected chi connectivity index (χ0v) is 16.4. The first-order valence-electron chi connectivity index (χ1n) is 9.20. The van der Waals surface area contributed by atoms with Gasteiger partial charge in [-0.15, -0.1) is 12.4 Å². The Morgan fingerprint density at radius 2 is 1.69 bits per heavy atom. The fourth-order valence-electron chi connectivity index (χ4n) is 3.76. The van der Waals surface area contributed by atoms with Crippen LogP contribution >= 0.6 is 12.4 Å². The Labute approximate surface area is 174 Å². The van der Waals surface area contributed by atoms with Crippen molar-refractivity contribution in [3.63, 3.8) is 0 Å². The van der Waals surface area contributed by atoms with Gasteiger partial charge in [-0.1, -0.05) is 48.5 Å². The summed E-state index contributed by atoms with van der Waals surface area (Å²) in [6.07, 6.45) is 1.86. The molecule has 0 saturated heterocycles. The molecule has 3 aromatic carbocycles. The van der Waals surface area contributed by atoms with Crippen LogP contribution in [0.4, 0.5) is 8.78 Å². The SMILES string of the molecule is Cl.NC(=O)c1cccc(-c2ccc(CNC3Cc4ccccc4C3)c(F)c2)c1F. The molecule has 0 aromatic heterocycles. The van der Waals surface area contributed by atoms with E-state index in [1.165, 1.54) is 35.4 Å². The molecule has 1 aliphatic carbocycles. The Morgan fingerprint density at radius 1 is 1.00 bits per heavy atom. The summed E-state index contributed by atoms with van der Waals surface area (Å²) in [7, 11) is 0. The normalized spacial score (nSPS) is 13.0. The molecule has 150 valence electrons. The molecule has 0 bridgehead atoms. The molecular weight excluding hydrogens is 394 g/mol. The maximum atomic E-state index is 14.6. The molecule has 0 atom stereocenters. The van der Waals surface area contributed by atoms with Gasteiger partial charge in [-0.25, -0.2) is 8.78 Å². The zero-order chi connectivity index (χ0) is 19.7.